The molecule has 0 fully saturated rings. The van der Waals surface area contributed by atoms with Gasteiger partial charge >= 0.3 is 6.18 Å². The van der Waals surface area contributed by atoms with E-state index < -0.39 is 11.7 Å². The van der Waals surface area contributed by atoms with Crippen molar-refractivity contribution in [3.63, 3.8) is 0 Å². The summed E-state index contributed by atoms with van der Waals surface area (Å²) in [5.74, 6) is 0.854. The number of halogens is 3. The molecule has 2 aromatic heterocycles. The Hall–Kier alpha value is -2.84. The summed E-state index contributed by atoms with van der Waals surface area (Å²) in [6.07, 6.45) is -2.83. The van der Waals surface area contributed by atoms with Crippen molar-refractivity contribution >= 4 is 11.6 Å². The van der Waals surface area contributed by atoms with Gasteiger partial charge in [0.05, 0.1) is 12.7 Å². The van der Waals surface area contributed by atoms with Crippen molar-refractivity contribution in [3.05, 3.63) is 46.9 Å². The fourth-order valence-electron chi connectivity index (χ4n) is 2.49. The topological polar surface area (TPSA) is 78.3 Å². The van der Waals surface area contributed by atoms with Gasteiger partial charge in [-0.1, -0.05) is 6.07 Å². The van der Waals surface area contributed by atoms with Crippen LogP contribution in [-0.4, -0.2) is 26.7 Å². The number of anilines is 1. The summed E-state index contributed by atoms with van der Waals surface area (Å²) in [7, 11) is 1.33. The number of rotatable bonds is 3. The Bertz CT molecular complexity index is 904. The molecule has 2 N–H and O–H groups in total. The number of hydrogen-bond acceptors (Lipinski definition) is 5. The average Bonchev–Trinajstić information content (AvgIpc) is 2.98. The molecule has 6 nitrogen and oxygen atoms in total. The summed E-state index contributed by atoms with van der Waals surface area (Å²) in [6.45, 7) is 1.76. The van der Waals surface area contributed by atoms with Gasteiger partial charge in [-0.15, -0.1) is 0 Å². The van der Waals surface area contributed by atoms with E-state index in [1.54, 1.807) is 6.92 Å². The number of methoxy groups -OCH3 is 1. The summed E-state index contributed by atoms with van der Waals surface area (Å²) in [5.41, 5.74) is 7.20. The summed E-state index contributed by atoms with van der Waals surface area (Å²) in [4.78, 5) is 8.27. The lowest BCUT2D eigenvalue weighted by atomic mass is 10.0. The maximum absolute atomic E-state index is 12.8. The van der Waals surface area contributed by atoms with Crippen LogP contribution >= 0.6 is 0 Å². The van der Waals surface area contributed by atoms with Crippen molar-refractivity contribution in [2.24, 2.45) is 0 Å². The Morgan fingerprint density at radius 3 is 2.71 bits per heavy atom. The van der Waals surface area contributed by atoms with Crippen LogP contribution in [0.4, 0.5) is 19.0 Å². The fraction of sp³-hybridized carbons (Fsp3) is 0.267. The summed E-state index contributed by atoms with van der Waals surface area (Å²) in [6, 6.07) is 3.37. The number of nitrogens with two attached hydrogens (primary N) is 1. The molecule has 0 saturated heterocycles. The second-order valence-corrected chi connectivity index (χ2v) is 5.23. The number of alkyl halides is 3. The lowest BCUT2D eigenvalue weighted by Crippen LogP contribution is -2.10. The second-order valence-electron chi connectivity index (χ2n) is 5.23. The lowest BCUT2D eigenvalue weighted by molar-refractivity contribution is -0.137. The smallest absolute Gasteiger partial charge is 0.416 e. The molecule has 3 aromatic rings. The van der Waals surface area contributed by atoms with Crippen molar-refractivity contribution in [1.82, 2.24) is 19.6 Å². The summed E-state index contributed by atoms with van der Waals surface area (Å²) in [5, 5.41) is 3.99. The molecule has 126 valence electrons. The van der Waals surface area contributed by atoms with Crippen LogP contribution in [-0.2, 0) is 12.6 Å². The van der Waals surface area contributed by atoms with Crippen LogP contribution in [0.25, 0.3) is 5.78 Å². The third-order valence-corrected chi connectivity index (χ3v) is 3.75. The monoisotopic (exact) mass is 337 g/mol. The summed E-state index contributed by atoms with van der Waals surface area (Å²) < 4.78 is 45.0. The zero-order chi connectivity index (χ0) is 17.5. The number of aromatic nitrogens is 4. The van der Waals surface area contributed by atoms with Gasteiger partial charge in [-0.25, -0.2) is 4.98 Å². The Labute approximate surface area is 135 Å². The zero-order valence-corrected chi connectivity index (χ0v) is 12.9. The van der Waals surface area contributed by atoms with E-state index in [4.69, 9.17) is 10.5 Å². The molecule has 0 amide bonds. The van der Waals surface area contributed by atoms with E-state index in [9.17, 15) is 13.2 Å². The molecule has 0 atom stereocenters. The third kappa shape index (κ3) is 2.72. The molecule has 2 heterocycles. The number of ether oxygens (including phenoxy) is 1. The van der Waals surface area contributed by atoms with E-state index >= 15 is 0 Å². The number of fused-ring (bicyclic) bond motifs is 1. The minimum atomic E-state index is -4.43. The first-order valence-electron chi connectivity index (χ1n) is 7.00. The van der Waals surface area contributed by atoms with Crippen LogP contribution in [0.2, 0.25) is 0 Å². The Kier molecular flexibility index (Phi) is 3.78. The quantitative estimate of drug-likeness (QED) is 0.795. The van der Waals surface area contributed by atoms with E-state index in [1.807, 2.05) is 0 Å². The standard InChI is InChI=1S/C15H14F3N5O/c1-8-11(13(19)23-14(22-8)20-7-21-23)5-9-3-4-10(15(16,17)18)6-12(9)24-2/h3-4,6-7H,5,19H2,1-2H3. The first-order valence-corrected chi connectivity index (χ1v) is 7.00. The third-order valence-electron chi connectivity index (χ3n) is 3.75. The maximum atomic E-state index is 12.8. The average molecular weight is 337 g/mol. The molecule has 0 aliphatic heterocycles. The van der Waals surface area contributed by atoms with Crippen LogP contribution in [0.15, 0.2) is 24.5 Å². The van der Waals surface area contributed by atoms with Crippen molar-refractivity contribution in [1.29, 1.82) is 0 Å². The molecule has 0 spiro atoms. The molecule has 0 unspecified atom stereocenters. The first kappa shape index (κ1) is 16.0. The molecule has 24 heavy (non-hydrogen) atoms. The largest absolute Gasteiger partial charge is 0.496 e. The minimum Gasteiger partial charge on any atom is -0.496 e. The molecule has 0 aliphatic rings. The SMILES string of the molecule is COc1cc(C(F)(F)F)ccc1Cc1c(C)nc2ncnn2c1N. The number of nitrogen functional groups attached to an aromatic ring is 1. The highest BCUT2D eigenvalue weighted by Crippen LogP contribution is 2.34. The van der Waals surface area contributed by atoms with E-state index in [-0.39, 0.29) is 12.2 Å². The fourth-order valence-corrected chi connectivity index (χ4v) is 2.49. The van der Waals surface area contributed by atoms with Crippen molar-refractivity contribution in [3.8, 4) is 5.75 Å². The van der Waals surface area contributed by atoms with Gasteiger partial charge in [-0.3, -0.25) is 0 Å². The van der Waals surface area contributed by atoms with Gasteiger partial charge in [-0.2, -0.15) is 27.8 Å². The normalized spacial score (nSPS) is 11.9. The number of aryl methyl sites for hydroxylation is 1. The van der Waals surface area contributed by atoms with Crippen LogP contribution in [0, 0.1) is 6.92 Å². The highest BCUT2D eigenvalue weighted by molar-refractivity contribution is 5.52. The van der Waals surface area contributed by atoms with Gasteiger partial charge in [0.1, 0.15) is 17.9 Å². The molecule has 0 aliphatic carbocycles. The van der Waals surface area contributed by atoms with Gasteiger partial charge in [0.15, 0.2) is 0 Å². The van der Waals surface area contributed by atoms with Gasteiger partial charge in [-0.05, 0) is 24.6 Å². The number of hydrogen-bond donors (Lipinski definition) is 1. The van der Waals surface area contributed by atoms with Crippen LogP contribution in [0.1, 0.15) is 22.4 Å². The highest BCUT2D eigenvalue weighted by Gasteiger charge is 2.31. The van der Waals surface area contributed by atoms with Gasteiger partial charge in [0.2, 0.25) is 0 Å². The molecule has 0 radical (unpaired) electrons. The van der Waals surface area contributed by atoms with E-state index in [0.29, 0.717) is 28.4 Å². The Morgan fingerprint density at radius 2 is 2.04 bits per heavy atom. The Morgan fingerprint density at radius 1 is 1.29 bits per heavy atom. The predicted octanol–water partition coefficient (Wildman–Crippen LogP) is 2.63. The predicted molar refractivity (Wildman–Crippen MR) is 80.7 cm³/mol. The molecular weight excluding hydrogens is 323 g/mol. The molecular formula is C15H14F3N5O. The second kappa shape index (κ2) is 5.66. The number of nitrogens with zero attached hydrogens (tertiary/aromatic N) is 4. The van der Waals surface area contributed by atoms with Crippen molar-refractivity contribution in [2.75, 3.05) is 12.8 Å². The van der Waals surface area contributed by atoms with E-state index in [0.717, 1.165) is 12.1 Å². The molecule has 9 heteroatoms. The molecule has 3 rings (SSSR count). The summed E-state index contributed by atoms with van der Waals surface area (Å²) >= 11 is 0. The van der Waals surface area contributed by atoms with Crippen LogP contribution in [0.3, 0.4) is 0 Å². The number of benzene rings is 1. The van der Waals surface area contributed by atoms with Gasteiger partial charge in [0, 0.05) is 17.7 Å². The Balaban J connectivity index is 2.05. The lowest BCUT2D eigenvalue weighted by Gasteiger charge is -2.15. The van der Waals surface area contributed by atoms with Gasteiger partial charge in [0.25, 0.3) is 5.78 Å². The van der Waals surface area contributed by atoms with Gasteiger partial charge < -0.3 is 10.5 Å². The van der Waals surface area contributed by atoms with Crippen molar-refractivity contribution in [2.45, 2.75) is 19.5 Å². The molecule has 1 aromatic carbocycles. The first-order chi connectivity index (χ1) is 11.3. The molecule has 0 saturated carbocycles. The van der Waals surface area contributed by atoms with Crippen LogP contribution in [0.5, 0.6) is 5.75 Å². The minimum absolute atomic E-state index is 0.141. The van der Waals surface area contributed by atoms with Crippen molar-refractivity contribution < 1.29 is 17.9 Å². The van der Waals surface area contributed by atoms with E-state index in [1.165, 1.54) is 24.0 Å². The highest BCUT2D eigenvalue weighted by atomic mass is 19.4. The molecule has 0 bridgehead atoms. The maximum Gasteiger partial charge on any atom is 0.416 e. The zero-order valence-electron chi connectivity index (χ0n) is 12.9. The van der Waals surface area contributed by atoms with E-state index in [2.05, 4.69) is 15.1 Å². The van der Waals surface area contributed by atoms with Crippen LogP contribution < -0.4 is 10.5 Å².